The van der Waals surface area contributed by atoms with Crippen LogP contribution in [0.1, 0.15) is 19.0 Å². The summed E-state index contributed by atoms with van der Waals surface area (Å²) in [4.78, 5) is 0. The molecule has 0 amide bonds. The highest BCUT2D eigenvalue weighted by Gasteiger charge is 2.09. The van der Waals surface area contributed by atoms with Gasteiger partial charge in [-0.05, 0) is 24.6 Å². The van der Waals surface area contributed by atoms with Gasteiger partial charge >= 0.3 is 0 Å². The van der Waals surface area contributed by atoms with Crippen LogP contribution in [0.2, 0.25) is 0 Å². The van der Waals surface area contributed by atoms with Crippen LogP contribution in [-0.2, 0) is 13.2 Å². The summed E-state index contributed by atoms with van der Waals surface area (Å²) in [5.41, 5.74) is 1.84. The monoisotopic (exact) mass is 268 g/mol. The molecule has 0 bridgehead atoms. The van der Waals surface area contributed by atoms with Gasteiger partial charge in [-0.1, -0.05) is 22.9 Å². The van der Waals surface area contributed by atoms with Gasteiger partial charge in [-0.25, -0.2) is 0 Å². The Morgan fingerprint density at radius 1 is 1.47 bits per heavy atom. The number of halogens is 1. The summed E-state index contributed by atoms with van der Waals surface area (Å²) in [5, 5.41) is 14.6. The lowest BCUT2D eigenvalue weighted by Gasteiger charge is -1.99. The summed E-state index contributed by atoms with van der Waals surface area (Å²) in [5.74, 6) is 0. The van der Waals surface area contributed by atoms with Crippen molar-refractivity contribution in [3.8, 4) is 0 Å². The zero-order valence-electron chi connectivity index (χ0n) is 8.57. The molecular weight excluding hydrogens is 256 g/mol. The van der Waals surface area contributed by atoms with Crippen molar-refractivity contribution in [1.82, 2.24) is 9.78 Å². The van der Waals surface area contributed by atoms with E-state index in [1.165, 1.54) is 0 Å². The molecule has 0 aliphatic carbocycles. The molecule has 2 rings (SSSR count). The normalized spacial score (nSPS) is 11.1. The average molecular weight is 269 g/mol. The Labute approximate surface area is 96.8 Å². The maximum absolute atomic E-state index is 9.22. The van der Waals surface area contributed by atoms with Crippen LogP contribution in [0.3, 0.4) is 0 Å². The standard InChI is InChI=1S/C11H13BrN2O/c1-2-5-14-11-4-3-8(12)6-9(11)10(7-15)13-14/h3-4,6,15H,2,5,7H2,1H3. The van der Waals surface area contributed by atoms with Crippen molar-refractivity contribution in [2.45, 2.75) is 26.5 Å². The largest absolute Gasteiger partial charge is 0.390 e. The Morgan fingerprint density at radius 3 is 2.93 bits per heavy atom. The fourth-order valence-corrected chi connectivity index (χ4v) is 2.08. The van der Waals surface area contributed by atoms with Crippen LogP contribution in [0.4, 0.5) is 0 Å². The zero-order valence-corrected chi connectivity index (χ0v) is 10.2. The van der Waals surface area contributed by atoms with E-state index in [1.807, 2.05) is 22.9 Å². The van der Waals surface area contributed by atoms with E-state index in [2.05, 4.69) is 28.0 Å². The van der Waals surface area contributed by atoms with Gasteiger partial charge in [0.05, 0.1) is 17.8 Å². The van der Waals surface area contributed by atoms with Gasteiger partial charge in [-0.15, -0.1) is 0 Å². The van der Waals surface area contributed by atoms with Crippen molar-refractivity contribution in [3.63, 3.8) is 0 Å². The topological polar surface area (TPSA) is 38.0 Å². The number of rotatable bonds is 3. The van der Waals surface area contributed by atoms with Gasteiger partial charge in [0.1, 0.15) is 0 Å². The van der Waals surface area contributed by atoms with Gasteiger partial charge in [0.15, 0.2) is 0 Å². The van der Waals surface area contributed by atoms with E-state index in [0.717, 1.165) is 34.0 Å². The summed E-state index contributed by atoms with van der Waals surface area (Å²) in [6.07, 6.45) is 1.04. The third-order valence-corrected chi connectivity index (χ3v) is 2.87. The highest BCUT2D eigenvalue weighted by Crippen LogP contribution is 2.23. The van der Waals surface area contributed by atoms with Crippen molar-refractivity contribution >= 4 is 26.8 Å². The quantitative estimate of drug-likeness (QED) is 0.930. The Balaban J connectivity index is 2.64. The molecule has 1 aromatic carbocycles. The number of aliphatic hydroxyl groups excluding tert-OH is 1. The second-order valence-electron chi connectivity index (χ2n) is 3.49. The molecule has 0 atom stereocenters. The molecule has 4 heteroatoms. The Kier molecular flexibility index (Phi) is 3.07. The summed E-state index contributed by atoms with van der Waals surface area (Å²) in [6, 6.07) is 6.03. The highest BCUT2D eigenvalue weighted by atomic mass is 79.9. The molecular formula is C11H13BrN2O. The summed E-state index contributed by atoms with van der Waals surface area (Å²) in [7, 11) is 0. The number of hydrogen-bond acceptors (Lipinski definition) is 2. The smallest absolute Gasteiger partial charge is 0.0957 e. The van der Waals surface area contributed by atoms with E-state index in [-0.39, 0.29) is 6.61 Å². The Bertz CT molecular complexity index is 479. The second-order valence-corrected chi connectivity index (χ2v) is 4.41. The molecule has 0 unspecified atom stereocenters. The molecule has 0 saturated carbocycles. The zero-order chi connectivity index (χ0) is 10.8. The molecule has 0 saturated heterocycles. The number of aromatic nitrogens is 2. The minimum atomic E-state index is -0.0103. The Morgan fingerprint density at radius 2 is 2.27 bits per heavy atom. The van der Waals surface area contributed by atoms with Gasteiger partial charge < -0.3 is 5.11 Å². The number of aliphatic hydroxyl groups is 1. The first-order valence-electron chi connectivity index (χ1n) is 5.02. The van der Waals surface area contributed by atoms with Crippen molar-refractivity contribution < 1.29 is 5.11 Å². The summed E-state index contributed by atoms with van der Waals surface area (Å²) < 4.78 is 2.97. The molecule has 3 nitrogen and oxygen atoms in total. The SMILES string of the molecule is CCCn1nc(CO)c2cc(Br)ccc21. The molecule has 0 aliphatic heterocycles. The van der Waals surface area contributed by atoms with E-state index >= 15 is 0 Å². The van der Waals surface area contributed by atoms with Crippen molar-refractivity contribution in [2.75, 3.05) is 0 Å². The lowest BCUT2D eigenvalue weighted by molar-refractivity contribution is 0.276. The van der Waals surface area contributed by atoms with Crippen LogP contribution in [-0.4, -0.2) is 14.9 Å². The van der Waals surface area contributed by atoms with Gasteiger partial charge in [0, 0.05) is 16.4 Å². The van der Waals surface area contributed by atoms with E-state index in [4.69, 9.17) is 0 Å². The van der Waals surface area contributed by atoms with Gasteiger partial charge in [0.2, 0.25) is 0 Å². The van der Waals surface area contributed by atoms with Crippen molar-refractivity contribution in [2.24, 2.45) is 0 Å². The Hall–Kier alpha value is -0.870. The minimum Gasteiger partial charge on any atom is -0.390 e. The molecule has 80 valence electrons. The second kappa shape index (κ2) is 4.33. The van der Waals surface area contributed by atoms with Crippen LogP contribution in [0.15, 0.2) is 22.7 Å². The molecule has 1 heterocycles. The van der Waals surface area contributed by atoms with E-state index < -0.39 is 0 Å². The predicted octanol–water partition coefficient (Wildman–Crippen LogP) is 2.70. The van der Waals surface area contributed by atoms with Crippen LogP contribution < -0.4 is 0 Å². The van der Waals surface area contributed by atoms with Crippen molar-refractivity contribution in [3.05, 3.63) is 28.4 Å². The van der Waals surface area contributed by atoms with Gasteiger partial charge in [0.25, 0.3) is 0 Å². The molecule has 1 aromatic heterocycles. The first-order valence-corrected chi connectivity index (χ1v) is 5.81. The highest BCUT2D eigenvalue weighted by molar-refractivity contribution is 9.10. The molecule has 0 radical (unpaired) electrons. The van der Waals surface area contributed by atoms with Crippen LogP contribution >= 0.6 is 15.9 Å². The van der Waals surface area contributed by atoms with E-state index in [0.29, 0.717) is 0 Å². The number of fused-ring (bicyclic) bond motifs is 1. The fourth-order valence-electron chi connectivity index (χ4n) is 1.72. The van der Waals surface area contributed by atoms with Crippen molar-refractivity contribution in [1.29, 1.82) is 0 Å². The van der Waals surface area contributed by atoms with E-state index in [1.54, 1.807) is 0 Å². The minimum absolute atomic E-state index is 0.0103. The fraction of sp³-hybridized carbons (Fsp3) is 0.364. The van der Waals surface area contributed by atoms with E-state index in [9.17, 15) is 5.11 Å². The lowest BCUT2D eigenvalue weighted by atomic mass is 10.2. The first kappa shape index (κ1) is 10.6. The number of benzene rings is 1. The molecule has 1 N–H and O–H groups in total. The van der Waals surface area contributed by atoms with Gasteiger partial charge in [-0.2, -0.15) is 5.10 Å². The molecule has 15 heavy (non-hydrogen) atoms. The third-order valence-electron chi connectivity index (χ3n) is 2.37. The third kappa shape index (κ3) is 1.92. The maximum atomic E-state index is 9.22. The van der Waals surface area contributed by atoms with Crippen LogP contribution in [0.5, 0.6) is 0 Å². The molecule has 0 spiro atoms. The number of hydrogen-bond donors (Lipinski definition) is 1. The summed E-state index contributed by atoms with van der Waals surface area (Å²) >= 11 is 3.43. The lowest BCUT2D eigenvalue weighted by Crippen LogP contribution is -1.99. The molecule has 0 fully saturated rings. The number of aryl methyl sites for hydroxylation is 1. The first-order chi connectivity index (χ1) is 7.26. The number of nitrogens with zero attached hydrogens (tertiary/aromatic N) is 2. The van der Waals surface area contributed by atoms with Gasteiger partial charge in [-0.3, -0.25) is 4.68 Å². The maximum Gasteiger partial charge on any atom is 0.0957 e. The average Bonchev–Trinajstić information content (AvgIpc) is 2.56. The molecule has 2 aromatic rings. The molecule has 0 aliphatic rings. The summed E-state index contributed by atoms with van der Waals surface area (Å²) in [6.45, 7) is 2.99. The van der Waals surface area contributed by atoms with Crippen LogP contribution in [0.25, 0.3) is 10.9 Å². The predicted molar refractivity (Wildman–Crippen MR) is 63.6 cm³/mol. The van der Waals surface area contributed by atoms with Crippen LogP contribution in [0, 0.1) is 0 Å².